The molecule has 0 fully saturated rings. The van der Waals surface area contributed by atoms with E-state index in [2.05, 4.69) is 62.8 Å². The summed E-state index contributed by atoms with van der Waals surface area (Å²) in [6, 6.07) is 4.70. The molecule has 0 unspecified atom stereocenters. The van der Waals surface area contributed by atoms with Crippen LogP contribution in [0.25, 0.3) is 0 Å². The Balaban J connectivity index is 2.86. The van der Waals surface area contributed by atoms with Crippen molar-refractivity contribution >= 4 is 5.82 Å². The summed E-state index contributed by atoms with van der Waals surface area (Å²) >= 11 is 0. The molecular weight excluding hydrogens is 258 g/mol. The van der Waals surface area contributed by atoms with Crippen LogP contribution in [0.15, 0.2) is 18.3 Å². The molecule has 0 aliphatic rings. The summed E-state index contributed by atoms with van der Waals surface area (Å²) in [6.45, 7) is 15.3. The van der Waals surface area contributed by atoms with Crippen molar-refractivity contribution in [3.63, 3.8) is 0 Å². The summed E-state index contributed by atoms with van der Waals surface area (Å²) in [4.78, 5) is 7.11. The Bertz CT molecular complexity index is 407. The molecule has 120 valence electrons. The fourth-order valence-electron chi connectivity index (χ4n) is 2.33. The van der Waals surface area contributed by atoms with Crippen molar-refractivity contribution in [2.45, 2.75) is 78.9 Å². The van der Waals surface area contributed by atoms with Gasteiger partial charge in [-0.15, -0.1) is 0 Å². The predicted octanol–water partition coefficient (Wildman–Crippen LogP) is 4.37. The third-order valence-corrected chi connectivity index (χ3v) is 3.57. The Morgan fingerprint density at radius 1 is 1.24 bits per heavy atom. The zero-order valence-electron chi connectivity index (χ0n) is 14.7. The summed E-state index contributed by atoms with van der Waals surface area (Å²) in [5.74, 6) is 1.14. The number of rotatable bonds is 8. The lowest BCUT2D eigenvalue weighted by atomic mass is 10.1. The number of hydrogen-bond donors (Lipinski definition) is 1. The van der Waals surface area contributed by atoms with Gasteiger partial charge in [0.25, 0.3) is 0 Å². The molecule has 0 aromatic carbocycles. The van der Waals surface area contributed by atoms with E-state index >= 15 is 0 Å². The Labute approximate surface area is 131 Å². The maximum absolute atomic E-state index is 4.67. The summed E-state index contributed by atoms with van der Waals surface area (Å²) in [6.07, 6.45) is 5.68. The van der Waals surface area contributed by atoms with Crippen LogP contribution in [-0.2, 0) is 6.54 Å². The highest BCUT2D eigenvalue weighted by Crippen LogP contribution is 2.21. The molecule has 0 saturated heterocycles. The monoisotopic (exact) mass is 291 g/mol. The average Bonchev–Trinajstić information content (AvgIpc) is 2.41. The lowest BCUT2D eigenvalue weighted by Crippen LogP contribution is -2.37. The smallest absolute Gasteiger partial charge is 0.133 e. The van der Waals surface area contributed by atoms with Crippen molar-refractivity contribution in [2.75, 3.05) is 11.4 Å². The highest BCUT2D eigenvalue weighted by molar-refractivity contribution is 5.47. The van der Waals surface area contributed by atoms with Crippen LogP contribution in [0.5, 0.6) is 0 Å². The summed E-state index contributed by atoms with van der Waals surface area (Å²) in [7, 11) is 0. The van der Waals surface area contributed by atoms with E-state index in [0.29, 0.717) is 6.04 Å². The molecule has 1 heterocycles. The van der Waals surface area contributed by atoms with Gasteiger partial charge in [-0.2, -0.15) is 0 Å². The van der Waals surface area contributed by atoms with Crippen LogP contribution in [0.2, 0.25) is 0 Å². The summed E-state index contributed by atoms with van der Waals surface area (Å²) in [5.41, 5.74) is 1.41. The van der Waals surface area contributed by atoms with Crippen LogP contribution in [-0.4, -0.2) is 23.1 Å². The van der Waals surface area contributed by atoms with Gasteiger partial charge in [0.2, 0.25) is 0 Å². The Hall–Kier alpha value is -1.09. The molecule has 0 aliphatic heterocycles. The van der Waals surface area contributed by atoms with Gasteiger partial charge in [0, 0.05) is 36.4 Å². The zero-order chi connectivity index (χ0) is 15.9. The fraction of sp³-hybridized carbons (Fsp3) is 0.722. The average molecular weight is 291 g/mol. The van der Waals surface area contributed by atoms with Gasteiger partial charge in [0.1, 0.15) is 5.82 Å². The third kappa shape index (κ3) is 6.47. The highest BCUT2D eigenvalue weighted by Gasteiger charge is 2.17. The molecule has 3 heteroatoms. The van der Waals surface area contributed by atoms with Crippen molar-refractivity contribution in [1.29, 1.82) is 0 Å². The highest BCUT2D eigenvalue weighted by atomic mass is 15.2. The number of unbranched alkanes of at least 4 members (excludes halogenated alkanes) is 2. The normalized spacial score (nSPS) is 12.0. The molecule has 3 nitrogen and oxygen atoms in total. The van der Waals surface area contributed by atoms with Gasteiger partial charge in [-0.05, 0) is 47.1 Å². The quantitative estimate of drug-likeness (QED) is 0.721. The van der Waals surface area contributed by atoms with Crippen molar-refractivity contribution in [3.8, 4) is 0 Å². The molecule has 0 atom stereocenters. The van der Waals surface area contributed by atoms with E-state index in [-0.39, 0.29) is 5.54 Å². The second-order valence-corrected chi connectivity index (χ2v) is 7.08. The topological polar surface area (TPSA) is 28.2 Å². The molecule has 0 radical (unpaired) electrons. The number of pyridine rings is 1. The first-order chi connectivity index (χ1) is 9.85. The van der Waals surface area contributed by atoms with Crippen molar-refractivity contribution in [2.24, 2.45) is 0 Å². The van der Waals surface area contributed by atoms with E-state index in [0.717, 1.165) is 18.9 Å². The third-order valence-electron chi connectivity index (χ3n) is 3.57. The van der Waals surface area contributed by atoms with Crippen LogP contribution >= 0.6 is 0 Å². The molecule has 0 amide bonds. The number of aromatic nitrogens is 1. The van der Waals surface area contributed by atoms with Gasteiger partial charge in [-0.25, -0.2) is 4.98 Å². The van der Waals surface area contributed by atoms with Gasteiger partial charge in [-0.3, -0.25) is 0 Å². The maximum atomic E-state index is 4.67. The Kier molecular flexibility index (Phi) is 7.16. The first-order valence-electron chi connectivity index (χ1n) is 8.30. The standard InChI is InChI=1S/C18H33N3/c1-7-8-9-13-21(15(2)3)17-16(11-10-12-19-17)14-20-18(4,5)6/h10-12,15,20H,7-9,13-14H2,1-6H3. The Morgan fingerprint density at radius 3 is 2.52 bits per heavy atom. The van der Waals surface area contributed by atoms with Crippen molar-refractivity contribution in [3.05, 3.63) is 23.9 Å². The van der Waals surface area contributed by atoms with Gasteiger partial charge in [0.15, 0.2) is 0 Å². The lowest BCUT2D eigenvalue weighted by molar-refractivity contribution is 0.423. The number of anilines is 1. The van der Waals surface area contributed by atoms with Crippen LogP contribution < -0.4 is 10.2 Å². The van der Waals surface area contributed by atoms with Crippen molar-refractivity contribution in [1.82, 2.24) is 10.3 Å². The van der Waals surface area contributed by atoms with Gasteiger partial charge >= 0.3 is 0 Å². The minimum absolute atomic E-state index is 0.123. The zero-order valence-corrected chi connectivity index (χ0v) is 14.7. The molecule has 0 saturated carbocycles. The van der Waals surface area contributed by atoms with Gasteiger partial charge < -0.3 is 10.2 Å². The number of nitrogens with zero attached hydrogens (tertiary/aromatic N) is 2. The van der Waals surface area contributed by atoms with Crippen LogP contribution in [0.4, 0.5) is 5.82 Å². The van der Waals surface area contributed by atoms with E-state index in [1.54, 1.807) is 0 Å². The summed E-state index contributed by atoms with van der Waals surface area (Å²) in [5, 5.41) is 3.57. The van der Waals surface area contributed by atoms with E-state index in [1.807, 2.05) is 12.3 Å². The molecule has 1 N–H and O–H groups in total. The maximum Gasteiger partial charge on any atom is 0.133 e. The van der Waals surface area contributed by atoms with Crippen LogP contribution in [0.3, 0.4) is 0 Å². The molecule has 0 spiro atoms. The minimum atomic E-state index is 0.123. The predicted molar refractivity (Wildman–Crippen MR) is 92.8 cm³/mol. The van der Waals surface area contributed by atoms with Crippen LogP contribution in [0.1, 0.15) is 66.4 Å². The molecule has 1 aromatic heterocycles. The largest absolute Gasteiger partial charge is 0.354 e. The molecule has 1 rings (SSSR count). The molecule has 0 bridgehead atoms. The SMILES string of the molecule is CCCCCN(c1ncccc1CNC(C)(C)C)C(C)C. The molecule has 1 aromatic rings. The first kappa shape index (κ1) is 18.0. The van der Waals surface area contributed by atoms with E-state index in [1.165, 1.54) is 24.8 Å². The van der Waals surface area contributed by atoms with E-state index in [4.69, 9.17) is 0 Å². The molecular formula is C18H33N3. The second kappa shape index (κ2) is 8.38. The Morgan fingerprint density at radius 2 is 1.95 bits per heavy atom. The fourth-order valence-corrected chi connectivity index (χ4v) is 2.33. The molecule has 0 aliphatic carbocycles. The molecule has 21 heavy (non-hydrogen) atoms. The van der Waals surface area contributed by atoms with Crippen LogP contribution in [0, 0.1) is 0 Å². The van der Waals surface area contributed by atoms with E-state index in [9.17, 15) is 0 Å². The lowest BCUT2D eigenvalue weighted by Gasteiger charge is -2.30. The summed E-state index contributed by atoms with van der Waals surface area (Å²) < 4.78 is 0. The van der Waals surface area contributed by atoms with E-state index < -0.39 is 0 Å². The van der Waals surface area contributed by atoms with Gasteiger partial charge in [0.05, 0.1) is 0 Å². The number of nitrogens with one attached hydrogen (secondary N) is 1. The van der Waals surface area contributed by atoms with Gasteiger partial charge in [-0.1, -0.05) is 25.8 Å². The second-order valence-electron chi connectivity index (χ2n) is 7.08. The number of hydrogen-bond acceptors (Lipinski definition) is 3. The first-order valence-corrected chi connectivity index (χ1v) is 8.30. The van der Waals surface area contributed by atoms with Crippen molar-refractivity contribution < 1.29 is 0 Å². The minimum Gasteiger partial charge on any atom is -0.354 e.